The fourth-order valence-electron chi connectivity index (χ4n) is 2.72. The van der Waals surface area contributed by atoms with E-state index in [2.05, 4.69) is 5.16 Å². The summed E-state index contributed by atoms with van der Waals surface area (Å²) >= 11 is 0. The lowest BCUT2D eigenvalue weighted by atomic mass is 10.1. The third-order valence-corrected chi connectivity index (χ3v) is 4.18. The zero-order valence-corrected chi connectivity index (χ0v) is 15.0. The number of aromatic nitrogens is 1. The predicted molar refractivity (Wildman–Crippen MR) is 95.6 cm³/mol. The number of carbonyl (C=O) groups excluding carboxylic acids is 2. The van der Waals surface area contributed by atoms with E-state index in [-0.39, 0.29) is 12.5 Å². The summed E-state index contributed by atoms with van der Waals surface area (Å²) in [5.74, 6) is 0.350. The molecule has 0 N–H and O–H groups in total. The third kappa shape index (κ3) is 3.45. The highest BCUT2D eigenvalue weighted by molar-refractivity contribution is 6.20. The highest BCUT2D eigenvalue weighted by Gasteiger charge is 2.36. The minimum Gasteiger partial charge on any atom is -0.497 e. The first kappa shape index (κ1) is 17.7. The van der Waals surface area contributed by atoms with E-state index in [0.29, 0.717) is 23.5 Å². The molecule has 0 spiro atoms. The van der Waals surface area contributed by atoms with Gasteiger partial charge in [-0.2, -0.15) is 0 Å². The lowest BCUT2D eigenvalue weighted by Crippen LogP contribution is -2.29. The summed E-state index contributed by atoms with van der Waals surface area (Å²) in [7, 11) is 1.60. The van der Waals surface area contributed by atoms with Crippen LogP contribution >= 0.6 is 0 Å². The number of hydroxylamine groups is 2. The van der Waals surface area contributed by atoms with Crippen LogP contribution in [0.3, 0.4) is 0 Å². The van der Waals surface area contributed by atoms with Gasteiger partial charge >= 0.3 is 0 Å². The fraction of sp³-hybridized carbons (Fsp3) is 0.150. The molecule has 2 heterocycles. The maximum atomic E-state index is 12.2. The normalized spacial score (nSPS) is 13.0. The molecule has 0 radical (unpaired) electrons. The topological polar surface area (TPSA) is 91.1 Å². The van der Waals surface area contributed by atoms with Crippen molar-refractivity contribution >= 4 is 11.8 Å². The monoisotopic (exact) mass is 380 g/mol. The second-order valence-corrected chi connectivity index (χ2v) is 5.99. The van der Waals surface area contributed by atoms with E-state index in [9.17, 15) is 9.59 Å². The van der Waals surface area contributed by atoms with Crippen molar-refractivity contribution in [1.29, 1.82) is 0 Å². The molecule has 2 aromatic carbocycles. The molecule has 1 aromatic heterocycles. The van der Waals surface area contributed by atoms with Crippen LogP contribution in [-0.2, 0) is 18.1 Å². The first-order chi connectivity index (χ1) is 13.7. The second-order valence-electron chi connectivity index (χ2n) is 5.99. The van der Waals surface area contributed by atoms with Crippen LogP contribution in [0, 0.1) is 0 Å². The van der Waals surface area contributed by atoms with E-state index in [1.54, 1.807) is 37.4 Å². The largest absolute Gasteiger partial charge is 0.497 e. The molecule has 28 heavy (non-hydrogen) atoms. The predicted octanol–water partition coefficient (Wildman–Crippen LogP) is 2.99. The molecule has 3 aromatic rings. The van der Waals surface area contributed by atoms with Crippen molar-refractivity contribution in [3.05, 3.63) is 77.0 Å². The Morgan fingerprint density at radius 2 is 1.64 bits per heavy atom. The van der Waals surface area contributed by atoms with Crippen LogP contribution in [0.4, 0.5) is 0 Å². The number of methoxy groups -OCH3 is 1. The zero-order chi connectivity index (χ0) is 19.5. The number of nitrogens with zero attached hydrogens (tertiary/aromatic N) is 2. The average Bonchev–Trinajstić information content (AvgIpc) is 3.29. The number of carbonyl (C=O) groups is 2. The molecule has 0 aliphatic carbocycles. The maximum absolute atomic E-state index is 12.2. The lowest BCUT2D eigenvalue weighted by Gasteiger charge is -2.11. The molecular weight excluding hydrogens is 364 g/mol. The molecule has 8 heteroatoms. The Balaban J connectivity index is 1.33. The Morgan fingerprint density at radius 1 is 0.964 bits per heavy atom. The SMILES string of the molecule is COc1ccc(COc2cc(CON3C(=O)c4ccccc4C3=O)on2)cc1. The molecule has 1 aliphatic rings. The Hall–Kier alpha value is -3.65. The van der Waals surface area contributed by atoms with Gasteiger partial charge in [-0.05, 0) is 35.0 Å². The van der Waals surface area contributed by atoms with Gasteiger partial charge in [-0.1, -0.05) is 24.3 Å². The van der Waals surface area contributed by atoms with Gasteiger partial charge in [0.15, 0.2) is 5.76 Å². The summed E-state index contributed by atoms with van der Waals surface area (Å²) in [5.41, 5.74) is 1.56. The van der Waals surface area contributed by atoms with Gasteiger partial charge in [0.25, 0.3) is 17.7 Å². The first-order valence-corrected chi connectivity index (χ1v) is 8.48. The minimum atomic E-state index is -0.504. The van der Waals surface area contributed by atoms with Crippen LogP contribution in [0.5, 0.6) is 11.6 Å². The summed E-state index contributed by atoms with van der Waals surface area (Å²) in [5, 5.41) is 4.52. The number of hydrogen-bond donors (Lipinski definition) is 0. The quantitative estimate of drug-likeness (QED) is 0.582. The number of ether oxygens (including phenoxy) is 2. The van der Waals surface area contributed by atoms with Crippen LogP contribution in [0.2, 0.25) is 0 Å². The van der Waals surface area contributed by atoms with Crippen molar-refractivity contribution in [2.75, 3.05) is 7.11 Å². The molecule has 0 saturated heterocycles. The van der Waals surface area contributed by atoms with Gasteiger partial charge in [0.1, 0.15) is 19.0 Å². The molecular formula is C20H16N2O6. The van der Waals surface area contributed by atoms with Crippen LogP contribution < -0.4 is 9.47 Å². The van der Waals surface area contributed by atoms with Crippen LogP contribution in [0.25, 0.3) is 0 Å². The molecule has 2 amide bonds. The Bertz CT molecular complexity index is 977. The van der Waals surface area contributed by atoms with Crippen molar-refractivity contribution in [2.24, 2.45) is 0 Å². The highest BCUT2D eigenvalue weighted by Crippen LogP contribution is 2.24. The lowest BCUT2D eigenvalue weighted by molar-refractivity contribution is -0.106. The molecule has 0 atom stereocenters. The zero-order valence-electron chi connectivity index (χ0n) is 15.0. The van der Waals surface area contributed by atoms with Crippen molar-refractivity contribution in [3.63, 3.8) is 0 Å². The van der Waals surface area contributed by atoms with Crippen LogP contribution in [0.15, 0.2) is 59.1 Å². The van der Waals surface area contributed by atoms with Crippen molar-refractivity contribution in [1.82, 2.24) is 10.2 Å². The second kappa shape index (κ2) is 7.53. The summed E-state index contributed by atoms with van der Waals surface area (Å²) in [6.45, 7) is 0.166. The van der Waals surface area contributed by atoms with Gasteiger partial charge in [-0.15, -0.1) is 5.06 Å². The first-order valence-electron chi connectivity index (χ1n) is 8.48. The van der Waals surface area contributed by atoms with Gasteiger partial charge in [0.2, 0.25) is 0 Å². The maximum Gasteiger partial charge on any atom is 0.285 e. The highest BCUT2D eigenvalue weighted by atomic mass is 16.7. The van der Waals surface area contributed by atoms with Gasteiger partial charge in [-0.25, -0.2) is 0 Å². The third-order valence-electron chi connectivity index (χ3n) is 4.18. The van der Waals surface area contributed by atoms with E-state index in [1.165, 1.54) is 0 Å². The molecule has 0 fully saturated rings. The molecule has 0 saturated carbocycles. The summed E-state index contributed by atoms with van der Waals surface area (Å²) in [4.78, 5) is 29.8. The van der Waals surface area contributed by atoms with Gasteiger partial charge in [0, 0.05) is 6.07 Å². The van der Waals surface area contributed by atoms with Gasteiger partial charge < -0.3 is 14.0 Å². The van der Waals surface area contributed by atoms with Crippen LogP contribution in [0.1, 0.15) is 32.0 Å². The number of fused-ring (bicyclic) bond motifs is 1. The molecule has 0 unspecified atom stereocenters. The minimum absolute atomic E-state index is 0.135. The van der Waals surface area contributed by atoms with Crippen molar-refractivity contribution in [2.45, 2.75) is 13.2 Å². The fourth-order valence-corrected chi connectivity index (χ4v) is 2.72. The molecule has 8 nitrogen and oxygen atoms in total. The Labute approximate surface area is 160 Å². The smallest absolute Gasteiger partial charge is 0.285 e. The standard InChI is InChI=1S/C20H16N2O6/c1-25-14-8-6-13(7-9-14)11-26-18-10-15(28-21-18)12-27-22-19(23)16-4-2-3-5-17(16)20(22)24/h2-10H,11-12H2,1H3. The van der Waals surface area contributed by atoms with Crippen molar-refractivity contribution < 1.29 is 28.4 Å². The summed E-state index contributed by atoms with van der Waals surface area (Å²) in [6, 6.07) is 15.5. The molecule has 1 aliphatic heterocycles. The van der Waals surface area contributed by atoms with Crippen molar-refractivity contribution in [3.8, 4) is 11.6 Å². The number of imide groups is 1. The Morgan fingerprint density at radius 3 is 2.29 bits per heavy atom. The number of hydrogen-bond acceptors (Lipinski definition) is 7. The number of rotatable bonds is 7. The van der Waals surface area contributed by atoms with Gasteiger partial charge in [0.05, 0.1) is 18.2 Å². The number of amides is 2. The van der Waals surface area contributed by atoms with E-state index in [4.69, 9.17) is 18.8 Å². The summed E-state index contributed by atoms with van der Waals surface area (Å²) < 4.78 is 15.8. The summed E-state index contributed by atoms with van der Waals surface area (Å²) in [6.07, 6.45) is 0. The van der Waals surface area contributed by atoms with E-state index >= 15 is 0 Å². The van der Waals surface area contributed by atoms with E-state index in [0.717, 1.165) is 16.4 Å². The molecule has 4 rings (SSSR count). The molecule has 0 bridgehead atoms. The van der Waals surface area contributed by atoms with E-state index in [1.807, 2.05) is 24.3 Å². The van der Waals surface area contributed by atoms with Gasteiger partial charge in [-0.3, -0.25) is 14.4 Å². The van der Waals surface area contributed by atoms with Crippen LogP contribution in [-0.4, -0.2) is 29.1 Å². The van der Waals surface area contributed by atoms with E-state index < -0.39 is 11.8 Å². The molecule has 142 valence electrons. The number of benzene rings is 2. The average molecular weight is 380 g/mol. The Kier molecular flexibility index (Phi) is 4.77.